The molecule has 0 saturated carbocycles. The molecule has 0 heterocycles. The van der Waals surface area contributed by atoms with Gasteiger partial charge in [-0.3, -0.25) is 0 Å². The molecule has 0 aromatic heterocycles. The largest absolute Gasteiger partial charge is 0.493 e. The van der Waals surface area contributed by atoms with Crippen LogP contribution in [0.2, 0.25) is 0 Å². The van der Waals surface area contributed by atoms with Crippen LogP contribution >= 0.6 is 0 Å². The van der Waals surface area contributed by atoms with Crippen molar-refractivity contribution in [2.45, 2.75) is 12.8 Å². The fraction of sp³-hybridized carbons (Fsp3) is 0.455. The highest BCUT2D eigenvalue weighted by Gasteiger charge is 1.95. The summed E-state index contributed by atoms with van der Waals surface area (Å²) < 4.78 is 22.9. The van der Waals surface area contributed by atoms with Crippen LogP contribution in [0, 0.1) is 5.82 Å². The molecule has 0 aliphatic heterocycles. The van der Waals surface area contributed by atoms with Gasteiger partial charge in [-0.15, -0.1) is 0 Å². The zero-order valence-corrected chi connectivity index (χ0v) is 8.33. The smallest absolute Gasteiger partial charge is 0.126 e. The Balaban J connectivity index is 2.18. The Morgan fingerprint density at radius 2 is 2.00 bits per heavy atom. The van der Waals surface area contributed by atoms with Crippen molar-refractivity contribution in [3.63, 3.8) is 0 Å². The van der Waals surface area contributed by atoms with Crippen LogP contribution in [0.5, 0.6) is 5.75 Å². The van der Waals surface area contributed by atoms with E-state index in [1.165, 1.54) is 12.1 Å². The molecule has 1 aromatic rings. The van der Waals surface area contributed by atoms with E-state index in [0.29, 0.717) is 12.4 Å². The number of methoxy groups -OCH3 is 1. The molecule has 1 rings (SSSR count). The molecule has 0 aliphatic carbocycles. The molecule has 0 radical (unpaired) electrons. The molecule has 0 unspecified atom stereocenters. The summed E-state index contributed by atoms with van der Waals surface area (Å²) in [6.45, 7) is 1.35. The summed E-state index contributed by atoms with van der Waals surface area (Å²) in [5.41, 5.74) is 0. The summed E-state index contributed by atoms with van der Waals surface area (Å²) >= 11 is 0. The molecule has 0 saturated heterocycles. The highest BCUT2D eigenvalue weighted by molar-refractivity contribution is 5.22. The van der Waals surface area contributed by atoms with Crippen molar-refractivity contribution < 1.29 is 13.9 Å². The predicted molar refractivity (Wildman–Crippen MR) is 53.0 cm³/mol. The third kappa shape index (κ3) is 4.23. The van der Waals surface area contributed by atoms with E-state index in [1.807, 2.05) is 0 Å². The van der Waals surface area contributed by atoms with Gasteiger partial charge in [-0.25, -0.2) is 4.39 Å². The molecule has 0 amide bonds. The first-order valence-corrected chi connectivity index (χ1v) is 4.70. The SMILES string of the molecule is COCCCCOc1cccc(F)c1. The fourth-order valence-electron chi connectivity index (χ4n) is 1.10. The number of halogens is 1. The molecule has 0 aliphatic rings. The standard InChI is InChI=1S/C11H15FO2/c1-13-7-2-3-8-14-11-6-4-5-10(12)9-11/h4-6,9H,2-3,7-8H2,1H3. The predicted octanol–water partition coefficient (Wildman–Crippen LogP) is 2.63. The van der Waals surface area contributed by atoms with E-state index >= 15 is 0 Å². The van der Waals surface area contributed by atoms with Crippen molar-refractivity contribution in [2.24, 2.45) is 0 Å². The maximum atomic E-state index is 12.7. The average Bonchev–Trinajstić information content (AvgIpc) is 2.18. The van der Waals surface area contributed by atoms with Gasteiger partial charge in [0.1, 0.15) is 11.6 Å². The molecule has 0 fully saturated rings. The summed E-state index contributed by atoms with van der Waals surface area (Å²) in [6, 6.07) is 6.17. The quantitative estimate of drug-likeness (QED) is 0.654. The lowest BCUT2D eigenvalue weighted by Gasteiger charge is -2.05. The van der Waals surface area contributed by atoms with E-state index in [2.05, 4.69) is 0 Å². The Bertz CT molecular complexity index is 263. The minimum atomic E-state index is -0.264. The second kappa shape index (κ2) is 6.38. The molecule has 3 heteroatoms. The maximum Gasteiger partial charge on any atom is 0.126 e. The van der Waals surface area contributed by atoms with Gasteiger partial charge in [0.15, 0.2) is 0 Å². The van der Waals surface area contributed by atoms with E-state index in [9.17, 15) is 4.39 Å². The lowest BCUT2D eigenvalue weighted by Crippen LogP contribution is -1.99. The monoisotopic (exact) mass is 198 g/mol. The Kier molecular flexibility index (Phi) is 5.00. The third-order valence-electron chi connectivity index (χ3n) is 1.81. The van der Waals surface area contributed by atoms with Gasteiger partial charge >= 0.3 is 0 Å². The Morgan fingerprint density at radius 3 is 2.71 bits per heavy atom. The molecular formula is C11H15FO2. The summed E-state index contributed by atoms with van der Waals surface area (Å²) in [7, 11) is 1.67. The number of ether oxygens (including phenoxy) is 2. The number of unbranched alkanes of at least 4 members (excludes halogenated alkanes) is 1. The van der Waals surface area contributed by atoms with Crippen LogP contribution in [0.4, 0.5) is 4.39 Å². The van der Waals surface area contributed by atoms with Crippen LogP contribution in [0.1, 0.15) is 12.8 Å². The van der Waals surface area contributed by atoms with Crippen molar-refractivity contribution in [2.75, 3.05) is 20.3 Å². The Morgan fingerprint density at radius 1 is 1.21 bits per heavy atom. The van der Waals surface area contributed by atoms with E-state index in [0.717, 1.165) is 19.4 Å². The summed E-state index contributed by atoms with van der Waals surface area (Å²) in [5, 5.41) is 0. The average molecular weight is 198 g/mol. The fourth-order valence-corrected chi connectivity index (χ4v) is 1.10. The first-order chi connectivity index (χ1) is 6.83. The van der Waals surface area contributed by atoms with Crippen molar-refractivity contribution >= 4 is 0 Å². The molecule has 1 aromatic carbocycles. The third-order valence-corrected chi connectivity index (χ3v) is 1.81. The van der Waals surface area contributed by atoms with Crippen LogP contribution < -0.4 is 4.74 Å². The maximum absolute atomic E-state index is 12.7. The second-order valence-electron chi connectivity index (χ2n) is 3.01. The van der Waals surface area contributed by atoms with Gasteiger partial charge in [0.25, 0.3) is 0 Å². The van der Waals surface area contributed by atoms with E-state index in [1.54, 1.807) is 19.2 Å². The van der Waals surface area contributed by atoms with Gasteiger partial charge in [-0.05, 0) is 25.0 Å². The van der Waals surface area contributed by atoms with Crippen LogP contribution in [0.15, 0.2) is 24.3 Å². The summed E-state index contributed by atoms with van der Waals surface area (Å²) in [6.07, 6.45) is 1.89. The van der Waals surface area contributed by atoms with Crippen molar-refractivity contribution in [3.05, 3.63) is 30.1 Å². The minimum absolute atomic E-state index is 0.264. The molecule has 2 nitrogen and oxygen atoms in total. The molecule has 0 atom stereocenters. The molecule has 0 spiro atoms. The van der Waals surface area contributed by atoms with Crippen LogP contribution in [0.25, 0.3) is 0 Å². The summed E-state index contributed by atoms with van der Waals surface area (Å²) in [4.78, 5) is 0. The minimum Gasteiger partial charge on any atom is -0.493 e. The zero-order chi connectivity index (χ0) is 10.2. The number of hydrogen-bond donors (Lipinski definition) is 0. The van der Waals surface area contributed by atoms with Crippen molar-refractivity contribution in [3.8, 4) is 5.75 Å². The number of rotatable bonds is 6. The Hall–Kier alpha value is -1.09. The van der Waals surface area contributed by atoms with Crippen molar-refractivity contribution in [1.29, 1.82) is 0 Å². The van der Waals surface area contributed by atoms with Gasteiger partial charge in [0.05, 0.1) is 6.61 Å². The summed E-state index contributed by atoms with van der Waals surface area (Å²) in [5.74, 6) is 0.321. The van der Waals surface area contributed by atoms with Gasteiger partial charge in [-0.2, -0.15) is 0 Å². The molecule has 78 valence electrons. The molecule has 0 N–H and O–H groups in total. The Labute approximate surface area is 83.6 Å². The van der Waals surface area contributed by atoms with Crippen LogP contribution in [-0.2, 0) is 4.74 Å². The lowest BCUT2D eigenvalue weighted by atomic mass is 10.3. The van der Waals surface area contributed by atoms with E-state index in [-0.39, 0.29) is 5.82 Å². The zero-order valence-electron chi connectivity index (χ0n) is 8.33. The van der Waals surface area contributed by atoms with Crippen LogP contribution in [-0.4, -0.2) is 20.3 Å². The molecular weight excluding hydrogens is 183 g/mol. The highest BCUT2D eigenvalue weighted by atomic mass is 19.1. The van der Waals surface area contributed by atoms with Gasteiger partial charge < -0.3 is 9.47 Å². The lowest BCUT2D eigenvalue weighted by molar-refractivity contribution is 0.184. The first-order valence-electron chi connectivity index (χ1n) is 4.70. The van der Waals surface area contributed by atoms with Gasteiger partial charge in [-0.1, -0.05) is 6.07 Å². The highest BCUT2D eigenvalue weighted by Crippen LogP contribution is 2.12. The topological polar surface area (TPSA) is 18.5 Å². The number of benzene rings is 1. The van der Waals surface area contributed by atoms with Crippen molar-refractivity contribution in [1.82, 2.24) is 0 Å². The molecule has 0 bridgehead atoms. The normalized spacial score (nSPS) is 10.1. The number of hydrogen-bond acceptors (Lipinski definition) is 2. The van der Waals surface area contributed by atoms with E-state index < -0.39 is 0 Å². The second-order valence-corrected chi connectivity index (χ2v) is 3.01. The van der Waals surface area contributed by atoms with E-state index in [4.69, 9.17) is 9.47 Å². The first kappa shape index (κ1) is 11.0. The van der Waals surface area contributed by atoms with Crippen LogP contribution in [0.3, 0.4) is 0 Å². The van der Waals surface area contributed by atoms with Gasteiger partial charge in [0, 0.05) is 19.8 Å². The molecule has 14 heavy (non-hydrogen) atoms. The van der Waals surface area contributed by atoms with Gasteiger partial charge in [0.2, 0.25) is 0 Å².